The third kappa shape index (κ3) is 5.24. The van der Waals surface area contributed by atoms with Crippen LogP contribution >= 0.6 is 0 Å². The predicted molar refractivity (Wildman–Crippen MR) is 113 cm³/mol. The van der Waals surface area contributed by atoms with Crippen molar-refractivity contribution in [3.63, 3.8) is 0 Å². The summed E-state index contributed by atoms with van der Waals surface area (Å²) in [7, 11) is 0. The molecule has 0 fully saturated rings. The Bertz CT molecular complexity index is 889. The van der Waals surface area contributed by atoms with Crippen molar-refractivity contribution in [2.24, 2.45) is 0 Å². The van der Waals surface area contributed by atoms with Crippen molar-refractivity contribution in [3.05, 3.63) is 42.0 Å². The number of fused-ring (bicyclic) bond motifs is 1. The summed E-state index contributed by atoms with van der Waals surface area (Å²) in [4.78, 5) is 1.52. The van der Waals surface area contributed by atoms with E-state index in [4.69, 9.17) is 4.74 Å². The van der Waals surface area contributed by atoms with Gasteiger partial charge in [-0.1, -0.05) is 52.0 Å². The fourth-order valence-corrected chi connectivity index (χ4v) is 3.24. The van der Waals surface area contributed by atoms with E-state index in [9.17, 15) is 5.11 Å². The van der Waals surface area contributed by atoms with E-state index in [-0.39, 0.29) is 5.75 Å². The minimum absolute atomic E-state index is 0.189. The van der Waals surface area contributed by atoms with Gasteiger partial charge in [-0.2, -0.15) is 0 Å². The van der Waals surface area contributed by atoms with Crippen molar-refractivity contribution in [1.82, 2.24) is 15.0 Å². The Kier molecular flexibility index (Phi) is 7.29. The molecule has 0 saturated carbocycles. The molecule has 0 aliphatic heterocycles. The standard InChI is InChI=1S/C23H31N3O2/c1-3-5-7-8-9-10-18-11-14-23(27)22(16-18)26-24-20-13-12-19(17-21(20)25-26)28-15-6-4-2/h11-14,16-17,27H,3-10,15H2,1-2H3. The number of ether oxygens (including phenoxy) is 1. The van der Waals surface area contributed by atoms with Gasteiger partial charge in [0.25, 0.3) is 0 Å². The quantitative estimate of drug-likeness (QED) is 0.425. The van der Waals surface area contributed by atoms with Crippen LogP contribution in [0.5, 0.6) is 11.5 Å². The monoisotopic (exact) mass is 381 g/mol. The van der Waals surface area contributed by atoms with Crippen molar-refractivity contribution in [2.45, 2.75) is 65.2 Å². The Balaban J connectivity index is 1.74. The van der Waals surface area contributed by atoms with E-state index in [2.05, 4.69) is 24.0 Å². The molecule has 0 amide bonds. The first-order valence-electron chi connectivity index (χ1n) is 10.5. The molecule has 5 heteroatoms. The maximum Gasteiger partial charge on any atom is 0.143 e. The van der Waals surface area contributed by atoms with Gasteiger partial charge in [0.1, 0.15) is 28.2 Å². The maximum absolute atomic E-state index is 10.3. The molecule has 1 N–H and O–H groups in total. The van der Waals surface area contributed by atoms with Crippen LogP contribution in [0.4, 0.5) is 0 Å². The van der Waals surface area contributed by atoms with Gasteiger partial charge in [0.2, 0.25) is 0 Å². The molecule has 0 bridgehead atoms. The normalized spacial score (nSPS) is 11.2. The van der Waals surface area contributed by atoms with Crippen LogP contribution in [-0.4, -0.2) is 26.7 Å². The number of hydrogen-bond donors (Lipinski definition) is 1. The first kappa shape index (κ1) is 20.2. The fourth-order valence-electron chi connectivity index (χ4n) is 3.24. The highest BCUT2D eigenvalue weighted by atomic mass is 16.5. The Hall–Kier alpha value is -2.56. The summed E-state index contributed by atoms with van der Waals surface area (Å²) in [5.41, 5.74) is 3.37. The molecule has 1 heterocycles. The Labute approximate surface area is 167 Å². The van der Waals surface area contributed by atoms with Crippen LogP contribution in [0.3, 0.4) is 0 Å². The van der Waals surface area contributed by atoms with Crippen molar-refractivity contribution in [1.29, 1.82) is 0 Å². The number of rotatable bonds is 11. The van der Waals surface area contributed by atoms with Crippen molar-refractivity contribution < 1.29 is 9.84 Å². The average molecular weight is 382 g/mol. The SMILES string of the molecule is CCCCCCCc1ccc(O)c(-n2nc3ccc(OCCCC)cc3n2)c1. The molecule has 28 heavy (non-hydrogen) atoms. The Morgan fingerprint density at radius 3 is 2.46 bits per heavy atom. The molecular formula is C23H31N3O2. The summed E-state index contributed by atoms with van der Waals surface area (Å²) in [6.07, 6.45) is 9.40. The van der Waals surface area contributed by atoms with E-state index in [0.717, 1.165) is 42.5 Å². The molecule has 150 valence electrons. The Morgan fingerprint density at radius 2 is 1.64 bits per heavy atom. The van der Waals surface area contributed by atoms with E-state index in [1.807, 2.05) is 30.3 Å². The predicted octanol–water partition coefficient (Wildman–Crippen LogP) is 5.82. The van der Waals surface area contributed by atoms with Gasteiger partial charge in [-0.05, 0) is 49.1 Å². The van der Waals surface area contributed by atoms with E-state index in [1.165, 1.54) is 36.0 Å². The second-order valence-electron chi connectivity index (χ2n) is 7.33. The van der Waals surface area contributed by atoms with Crippen molar-refractivity contribution in [3.8, 4) is 17.2 Å². The van der Waals surface area contributed by atoms with Gasteiger partial charge < -0.3 is 9.84 Å². The van der Waals surface area contributed by atoms with E-state index in [1.54, 1.807) is 6.07 Å². The summed E-state index contributed by atoms with van der Waals surface area (Å²) in [6, 6.07) is 11.5. The van der Waals surface area contributed by atoms with Crippen LogP contribution < -0.4 is 4.74 Å². The number of hydrogen-bond acceptors (Lipinski definition) is 4. The lowest BCUT2D eigenvalue weighted by Gasteiger charge is -2.07. The molecule has 2 aromatic carbocycles. The van der Waals surface area contributed by atoms with E-state index in [0.29, 0.717) is 12.3 Å². The molecule has 3 aromatic rings. The number of benzene rings is 2. The minimum atomic E-state index is 0.189. The zero-order valence-corrected chi connectivity index (χ0v) is 17.0. The number of unbranched alkanes of at least 4 members (excludes halogenated alkanes) is 5. The molecule has 0 unspecified atom stereocenters. The maximum atomic E-state index is 10.3. The lowest BCUT2D eigenvalue weighted by atomic mass is 10.0. The number of nitrogens with zero attached hydrogens (tertiary/aromatic N) is 3. The highest BCUT2D eigenvalue weighted by Gasteiger charge is 2.11. The number of phenolic OH excluding ortho intramolecular Hbond substituents is 1. The third-order valence-electron chi connectivity index (χ3n) is 4.94. The lowest BCUT2D eigenvalue weighted by molar-refractivity contribution is 0.310. The zero-order valence-electron chi connectivity index (χ0n) is 17.0. The van der Waals surface area contributed by atoms with Gasteiger partial charge in [0.15, 0.2) is 0 Å². The highest BCUT2D eigenvalue weighted by molar-refractivity contribution is 5.75. The molecule has 1 aromatic heterocycles. The van der Waals surface area contributed by atoms with Crippen LogP contribution in [0.2, 0.25) is 0 Å². The fraction of sp³-hybridized carbons (Fsp3) is 0.478. The molecule has 0 saturated heterocycles. The summed E-state index contributed by atoms with van der Waals surface area (Å²) in [6.45, 7) is 5.08. The van der Waals surface area contributed by atoms with Crippen LogP contribution in [0, 0.1) is 0 Å². The van der Waals surface area contributed by atoms with Gasteiger partial charge in [-0.25, -0.2) is 0 Å². The molecule has 3 rings (SSSR count). The van der Waals surface area contributed by atoms with E-state index >= 15 is 0 Å². The van der Waals surface area contributed by atoms with Gasteiger partial charge in [-0.15, -0.1) is 15.0 Å². The van der Waals surface area contributed by atoms with Gasteiger partial charge in [0.05, 0.1) is 6.61 Å². The van der Waals surface area contributed by atoms with Crippen LogP contribution in [-0.2, 0) is 6.42 Å². The highest BCUT2D eigenvalue weighted by Crippen LogP contribution is 2.25. The lowest BCUT2D eigenvalue weighted by Crippen LogP contribution is -2.00. The van der Waals surface area contributed by atoms with Gasteiger partial charge >= 0.3 is 0 Å². The molecule has 0 aliphatic rings. The number of aryl methyl sites for hydroxylation is 1. The van der Waals surface area contributed by atoms with Crippen LogP contribution in [0.15, 0.2) is 36.4 Å². The van der Waals surface area contributed by atoms with Crippen LogP contribution in [0.1, 0.15) is 64.4 Å². The molecule has 0 aliphatic carbocycles. The molecular weight excluding hydrogens is 350 g/mol. The number of aromatic nitrogens is 3. The molecule has 0 spiro atoms. The van der Waals surface area contributed by atoms with Crippen molar-refractivity contribution >= 4 is 11.0 Å². The summed E-state index contributed by atoms with van der Waals surface area (Å²) in [5, 5.41) is 19.4. The molecule has 5 nitrogen and oxygen atoms in total. The molecule has 0 radical (unpaired) electrons. The largest absolute Gasteiger partial charge is 0.506 e. The first-order valence-corrected chi connectivity index (χ1v) is 10.5. The Morgan fingerprint density at radius 1 is 0.857 bits per heavy atom. The average Bonchev–Trinajstić information content (AvgIpc) is 3.12. The second-order valence-corrected chi connectivity index (χ2v) is 7.33. The first-order chi connectivity index (χ1) is 13.7. The molecule has 0 atom stereocenters. The number of phenols is 1. The van der Waals surface area contributed by atoms with Crippen molar-refractivity contribution in [2.75, 3.05) is 6.61 Å². The minimum Gasteiger partial charge on any atom is -0.506 e. The van der Waals surface area contributed by atoms with E-state index < -0.39 is 0 Å². The summed E-state index contributed by atoms with van der Waals surface area (Å²) < 4.78 is 5.76. The number of aromatic hydroxyl groups is 1. The van der Waals surface area contributed by atoms with Crippen LogP contribution in [0.25, 0.3) is 16.7 Å². The smallest absolute Gasteiger partial charge is 0.143 e. The summed E-state index contributed by atoms with van der Waals surface area (Å²) in [5.74, 6) is 0.993. The third-order valence-corrected chi connectivity index (χ3v) is 4.94. The topological polar surface area (TPSA) is 60.2 Å². The second kappa shape index (κ2) is 10.1. The van der Waals surface area contributed by atoms with Gasteiger partial charge in [0, 0.05) is 6.07 Å². The van der Waals surface area contributed by atoms with Gasteiger partial charge in [-0.3, -0.25) is 0 Å². The zero-order chi connectivity index (χ0) is 19.8. The summed E-state index contributed by atoms with van der Waals surface area (Å²) >= 11 is 0.